The van der Waals surface area contributed by atoms with Crippen molar-refractivity contribution in [3.63, 3.8) is 0 Å². The fourth-order valence-corrected chi connectivity index (χ4v) is 5.14. The number of fused-ring (bicyclic) bond motifs is 6. The molecule has 6 rings (SSSR count). The van der Waals surface area contributed by atoms with Gasteiger partial charge in [0.15, 0.2) is 0 Å². The summed E-state index contributed by atoms with van der Waals surface area (Å²) in [6.07, 6.45) is 0. The summed E-state index contributed by atoms with van der Waals surface area (Å²) in [6, 6.07) is 31.3. The first-order valence-electron chi connectivity index (χ1n) is 14.8. The number of benzene rings is 4. The Balaban J connectivity index is 0.000000583. The van der Waals surface area contributed by atoms with Gasteiger partial charge in [-0.1, -0.05) is 116 Å². The molecule has 0 N–H and O–H groups in total. The molecule has 0 unspecified atom stereocenters. The summed E-state index contributed by atoms with van der Waals surface area (Å²) in [7, 11) is 0. The Kier molecular flexibility index (Phi) is 12.1. The number of aryl methyl sites for hydroxylation is 2. The van der Waals surface area contributed by atoms with Crippen LogP contribution in [0.25, 0.3) is 54.7 Å². The lowest BCUT2D eigenvalue weighted by Gasteiger charge is -2.08. The monoisotopic (exact) mass is 508 g/mol. The quantitative estimate of drug-likeness (QED) is 0.225. The Morgan fingerprint density at radius 3 is 1.05 bits per heavy atom. The van der Waals surface area contributed by atoms with Crippen LogP contribution in [-0.2, 0) is 13.1 Å². The number of para-hydroxylation sites is 2. The number of hydrogen-bond donors (Lipinski definition) is 0. The molecule has 0 aliphatic carbocycles. The van der Waals surface area contributed by atoms with E-state index >= 15 is 0 Å². The molecule has 0 radical (unpaired) electrons. The molecular formula is C36H48N2. The van der Waals surface area contributed by atoms with Crippen LogP contribution in [-0.4, -0.2) is 9.13 Å². The molecule has 0 spiro atoms. The Labute approximate surface area is 230 Å². The third-order valence-electron chi connectivity index (χ3n) is 6.51. The van der Waals surface area contributed by atoms with E-state index in [1.165, 1.54) is 54.7 Å². The lowest BCUT2D eigenvalue weighted by atomic mass is 10.0. The molecule has 2 heteroatoms. The summed E-state index contributed by atoms with van der Waals surface area (Å²) in [4.78, 5) is 0. The molecule has 2 aromatic heterocycles. The van der Waals surface area contributed by atoms with Crippen molar-refractivity contribution in [3.05, 3.63) is 84.9 Å². The van der Waals surface area contributed by atoms with Crippen molar-refractivity contribution in [1.29, 1.82) is 0 Å². The second-order valence-electron chi connectivity index (χ2n) is 7.99. The molecule has 2 heterocycles. The largest absolute Gasteiger partial charge is 0.341 e. The normalized spacial score (nSPS) is 10.1. The summed E-state index contributed by atoms with van der Waals surface area (Å²) in [5.74, 6) is 0. The van der Waals surface area contributed by atoms with Crippen LogP contribution in [0.15, 0.2) is 84.9 Å². The van der Waals surface area contributed by atoms with Crippen LogP contribution in [0.4, 0.5) is 0 Å². The second-order valence-corrected chi connectivity index (χ2v) is 7.99. The number of aromatic nitrogens is 2. The maximum Gasteiger partial charge on any atom is 0.0497 e. The Hall–Kier alpha value is -3.52. The Morgan fingerprint density at radius 2 is 0.711 bits per heavy atom. The molecule has 202 valence electrons. The van der Waals surface area contributed by atoms with Gasteiger partial charge in [0.25, 0.3) is 0 Å². The van der Waals surface area contributed by atoms with Gasteiger partial charge in [-0.15, -0.1) is 0 Å². The first-order chi connectivity index (χ1) is 18.8. The van der Waals surface area contributed by atoms with Gasteiger partial charge >= 0.3 is 0 Å². The molecule has 0 fully saturated rings. The fraction of sp³-hybridized carbons (Fsp3) is 0.333. The topological polar surface area (TPSA) is 9.86 Å². The molecule has 0 saturated carbocycles. The van der Waals surface area contributed by atoms with Crippen molar-refractivity contribution < 1.29 is 0 Å². The van der Waals surface area contributed by atoms with E-state index in [-0.39, 0.29) is 0 Å². The zero-order valence-corrected chi connectivity index (χ0v) is 25.4. The van der Waals surface area contributed by atoms with Crippen LogP contribution in [0.5, 0.6) is 0 Å². The average molecular weight is 509 g/mol. The van der Waals surface area contributed by atoms with Gasteiger partial charge in [-0.05, 0) is 49.2 Å². The standard InChI is InChI=1S/C28H24N2.4C2H6/c1-3-29-25-11-7-5-9-21(25)23-15-13-19(17-27(23)29)20-14-16-24-22-10-6-8-12-26(22)30(4-2)28(24)18-20;4*1-2/h5-18H,3-4H2,1-2H3;4*1-2H3. The third-order valence-corrected chi connectivity index (χ3v) is 6.51. The molecule has 0 saturated heterocycles. The minimum Gasteiger partial charge on any atom is -0.341 e. The van der Waals surface area contributed by atoms with E-state index in [1.54, 1.807) is 0 Å². The van der Waals surface area contributed by atoms with Gasteiger partial charge in [-0.3, -0.25) is 0 Å². The third kappa shape index (κ3) is 5.50. The smallest absolute Gasteiger partial charge is 0.0497 e. The van der Waals surface area contributed by atoms with Gasteiger partial charge < -0.3 is 9.13 Å². The van der Waals surface area contributed by atoms with E-state index in [1.807, 2.05) is 55.4 Å². The summed E-state index contributed by atoms with van der Waals surface area (Å²) in [6.45, 7) is 22.4. The highest BCUT2D eigenvalue weighted by atomic mass is 15.0. The molecule has 0 atom stereocenters. The number of rotatable bonds is 3. The van der Waals surface area contributed by atoms with Crippen LogP contribution in [0, 0.1) is 0 Å². The van der Waals surface area contributed by atoms with Gasteiger partial charge in [-0.2, -0.15) is 0 Å². The summed E-state index contributed by atoms with van der Waals surface area (Å²) in [5, 5.41) is 5.34. The van der Waals surface area contributed by atoms with Crippen molar-refractivity contribution in [2.75, 3.05) is 0 Å². The van der Waals surface area contributed by atoms with Crippen LogP contribution in [0.2, 0.25) is 0 Å². The second kappa shape index (κ2) is 15.0. The highest BCUT2D eigenvalue weighted by molar-refractivity contribution is 6.11. The molecule has 0 aliphatic heterocycles. The van der Waals surface area contributed by atoms with Gasteiger partial charge in [0.05, 0.1) is 0 Å². The molecule has 4 aromatic carbocycles. The van der Waals surface area contributed by atoms with Crippen LogP contribution in [0.3, 0.4) is 0 Å². The Morgan fingerprint density at radius 1 is 0.395 bits per heavy atom. The molecule has 38 heavy (non-hydrogen) atoms. The highest BCUT2D eigenvalue weighted by Crippen LogP contribution is 2.35. The molecule has 6 aromatic rings. The molecule has 0 amide bonds. The number of nitrogens with zero attached hydrogens (tertiary/aromatic N) is 2. The fourth-order valence-electron chi connectivity index (χ4n) is 5.14. The van der Waals surface area contributed by atoms with Crippen LogP contribution < -0.4 is 0 Å². The lowest BCUT2D eigenvalue weighted by Crippen LogP contribution is -1.94. The predicted octanol–water partition coefficient (Wildman–Crippen LogP) is 11.7. The maximum absolute atomic E-state index is 2.43. The first kappa shape index (κ1) is 30.7. The van der Waals surface area contributed by atoms with Gasteiger partial charge in [0.1, 0.15) is 0 Å². The zero-order valence-electron chi connectivity index (χ0n) is 25.4. The summed E-state index contributed by atoms with van der Waals surface area (Å²) in [5.41, 5.74) is 7.80. The molecular weight excluding hydrogens is 460 g/mol. The maximum atomic E-state index is 2.43. The van der Waals surface area contributed by atoms with Gasteiger partial charge in [0, 0.05) is 56.7 Å². The SMILES string of the molecule is CC.CC.CC.CC.CCn1c2ccccc2c2ccc(-c3ccc4c5ccccc5n(CC)c4c3)cc21. The van der Waals surface area contributed by atoms with E-state index in [0.717, 1.165) is 13.1 Å². The van der Waals surface area contributed by atoms with E-state index < -0.39 is 0 Å². The summed E-state index contributed by atoms with van der Waals surface area (Å²) >= 11 is 0. The summed E-state index contributed by atoms with van der Waals surface area (Å²) < 4.78 is 4.85. The van der Waals surface area contributed by atoms with Crippen molar-refractivity contribution in [2.24, 2.45) is 0 Å². The van der Waals surface area contributed by atoms with E-state index in [9.17, 15) is 0 Å². The predicted molar refractivity (Wildman–Crippen MR) is 175 cm³/mol. The van der Waals surface area contributed by atoms with E-state index in [4.69, 9.17) is 0 Å². The highest BCUT2D eigenvalue weighted by Gasteiger charge is 2.13. The van der Waals surface area contributed by atoms with Gasteiger partial charge in [-0.25, -0.2) is 0 Å². The molecule has 2 nitrogen and oxygen atoms in total. The number of hydrogen-bond acceptors (Lipinski definition) is 0. The lowest BCUT2D eigenvalue weighted by molar-refractivity contribution is 0.827. The van der Waals surface area contributed by atoms with Crippen molar-refractivity contribution in [1.82, 2.24) is 9.13 Å². The van der Waals surface area contributed by atoms with E-state index in [0.29, 0.717) is 0 Å². The zero-order chi connectivity index (χ0) is 28.2. The minimum absolute atomic E-state index is 0.969. The van der Waals surface area contributed by atoms with Crippen LogP contribution >= 0.6 is 0 Å². The minimum atomic E-state index is 0.969. The molecule has 0 bridgehead atoms. The van der Waals surface area contributed by atoms with Crippen molar-refractivity contribution >= 4 is 43.6 Å². The van der Waals surface area contributed by atoms with Crippen molar-refractivity contribution in [2.45, 2.75) is 82.3 Å². The van der Waals surface area contributed by atoms with Crippen LogP contribution in [0.1, 0.15) is 69.2 Å². The van der Waals surface area contributed by atoms with E-state index in [2.05, 4.69) is 108 Å². The van der Waals surface area contributed by atoms with Crippen molar-refractivity contribution in [3.8, 4) is 11.1 Å². The average Bonchev–Trinajstić information content (AvgIpc) is 3.52. The Bertz CT molecular complexity index is 1440. The van der Waals surface area contributed by atoms with Gasteiger partial charge in [0.2, 0.25) is 0 Å². The molecule has 0 aliphatic rings. The first-order valence-corrected chi connectivity index (χ1v) is 14.8.